The number of carbonyl (C=O) groups is 1. The van der Waals surface area contributed by atoms with Gasteiger partial charge in [-0.25, -0.2) is 10.4 Å². The van der Waals surface area contributed by atoms with Crippen LogP contribution in [0.2, 0.25) is 0 Å². The van der Waals surface area contributed by atoms with Gasteiger partial charge in [-0.15, -0.1) is 0 Å². The molecule has 1 amide bonds. The lowest BCUT2D eigenvalue weighted by molar-refractivity contribution is 0.0930. The number of furan rings is 1. The van der Waals surface area contributed by atoms with Crippen LogP contribution in [-0.2, 0) is 0 Å². The molecule has 0 spiro atoms. The number of amides is 1. The zero-order valence-electron chi connectivity index (χ0n) is 15.1. The van der Waals surface area contributed by atoms with Crippen molar-refractivity contribution >= 4 is 28.9 Å². The molecule has 0 saturated heterocycles. The summed E-state index contributed by atoms with van der Waals surface area (Å²) < 4.78 is 5.67. The second kappa shape index (κ2) is 7.32. The molecular weight excluding hydrogens is 354 g/mol. The largest absolute Gasteiger partial charge is 0.430 e. The third-order valence-electron chi connectivity index (χ3n) is 4.24. The second-order valence-electron chi connectivity index (χ2n) is 6.20. The van der Waals surface area contributed by atoms with Gasteiger partial charge in [0.15, 0.2) is 0 Å². The fraction of sp³-hybridized carbons (Fsp3) is 0.0476. The van der Waals surface area contributed by atoms with E-state index in [1.54, 1.807) is 18.5 Å². The number of nitrogens with one attached hydrogen (secondary N) is 1. The monoisotopic (exact) mass is 371 g/mol. The highest BCUT2D eigenvalue weighted by Gasteiger charge is 2.21. The maximum absolute atomic E-state index is 12.4. The first-order valence-corrected chi connectivity index (χ1v) is 8.62. The minimum atomic E-state index is -0.545. The van der Waals surface area contributed by atoms with Crippen molar-refractivity contribution in [2.24, 2.45) is 5.10 Å². The Morgan fingerprint density at radius 1 is 1.21 bits per heavy atom. The number of hydrogen-bond acceptors (Lipinski definition) is 6. The minimum Gasteiger partial charge on any atom is -0.430 e. The number of aryl methyl sites for hydroxylation is 1. The zero-order chi connectivity index (χ0) is 19.5. The molecule has 0 radical (unpaired) electrons. The Morgan fingerprint density at radius 3 is 2.79 bits per heavy atom. The van der Waals surface area contributed by atoms with E-state index in [0.29, 0.717) is 11.1 Å². The summed E-state index contributed by atoms with van der Waals surface area (Å²) in [4.78, 5) is 20.9. The van der Waals surface area contributed by atoms with Crippen molar-refractivity contribution in [3.05, 3.63) is 77.8 Å². The highest BCUT2D eigenvalue weighted by atomic mass is 16.4. The number of aromatic nitrogens is 2. The van der Waals surface area contributed by atoms with Gasteiger partial charge in [-0.1, -0.05) is 36.4 Å². The quantitative estimate of drug-likeness (QED) is 0.421. The summed E-state index contributed by atoms with van der Waals surface area (Å²) in [6.07, 6.45) is 4.77. The first-order valence-electron chi connectivity index (χ1n) is 8.62. The van der Waals surface area contributed by atoms with Crippen LogP contribution in [-0.4, -0.2) is 22.1 Å². The number of hydrazone groups is 1. The molecule has 0 bridgehead atoms. The third kappa shape index (κ3) is 3.33. The van der Waals surface area contributed by atoms with E-state index in [2.05, 4.69) is 20.5 Å². The molecule has 3 N–H and O–H groups in total. The molecule has 3 heterocycles. The predicted molar refractivity (Wildman–Crippen MR) is 108 cm³/mol. The van der Waals surface area contributed by atoms with Crippen LogP contribution >= 0.6 is 0 Å². The van der Waals surface area contributed by atoms with Crippen LogP contribution < -0.4 is 11.2 Å². The fourth-order valence-corrected chi connectivity index (χ4v) is 2.90. The van der Waals surface area contributed by atoms with Crippen molar-refractivity contribution in [1.82, 2.24) is 15.4 Å². The Hall–Kier alpha value is -4.00. The first kappa shape index (κ1) is 17.4. The van der Waals surface area contributed by atoms with Crippen molar-refractivity contribution in [2.45, 2.75) is 6.92 Å². The molecule has 0 aliphatic rings. The van der Waals surface area contributed by atoms with Gasteiger partial charge < -0.3 is 10.2 Å². The SMILES string of the molecule is Cc1cc(-c2ccccc2)nc2oc(C(=O)N/N=C/c3cccnc3)c(N)c12. The van der Waals surface area contributed by atoms with Crippen molar-refractivity contribution < 1.29 is 9.21 Å². The molecule has 4 aromatic rings. The molecule has 7 nitrogen and oxygen atoms in total. The molecule has 0 aliphatic heterocycles. The van der Waals surface area contributed by atoms with Crippen LogP contribution in [0.25, 0.3) is 22.4 Å². The highest BCUT2D eigenvalue weighted by molar-refractivity contribution is 6.06. The lowest BCUT2D eigenvalue weighted by atomic mass is 10.1. The number of rotatable bonds is 4. The number of nitrogens with two attached hydrogens (primary N) is 1. The van der Waals surface area contributed by atoms with E-state index in [1.165, 1.54) is 6.21 Å². The minimum absolute atomic E-state index is 0.0147. The molecule has 28 heavy (non-hydrogen) atoms. The summed E-state index contributed by atoms with van der Waals surface area (Å²) >= 11 is 0. The van der Waals surface area contributed by atoms with E-state index in [1.807, 2.05) is 49.4 Å². The number of pyridine rings is 2. The Bertz CT molecular complexity index is 1170. The van der Waals surface area contributed by atoms with E-state index in [9.17, 15) is 4.79 Å². The van der Waals surface area contributed by atoms with Gasteiger partial charge in [0.1, 0.15) is 0 Å². The molecule has 138 valence electrons. The number of fused-ring (bicyclic) bond motifs is 1. The number of hydrogen-bond donors (Lipinski definition) is 2. The summed E-state index contributed by atoms with van der Waals surface area (Å²) in [7, 11) is 0. The molecule has 0 fully saturated rings. The van der Waals surface area contributed by atoms with Crippen LogP contribution in [0.15, 0.2) is 70.4 Å². The number of nitrogens with zero attached hydrogens (tertiary/aromatic N) is 3. The van der Waals surface area contributed by atoms with E-state index in [0.717, 1.165) is 22.4 Å². The molecule has 0 unspecified atom stereocenters. The van der Waals surface area contributed by atoms with Gasteiger partial charge in [0.25, 0.3) is 0 Å². The van der Waals surface area contributed by atoms with Crippen molar-refractivity contribution in [3.63, 3.8) is 0 Å². The van der Waals surface area contributed by atoms with E-state index < -0.39 is 5.91 Å². The van der Waals surface area contributed by atoms with Crippen molar-refractivity contribution in [2.75, 3.05) is 5.73 Å². The van der Waals surface area contributed by atoms with Crippen LogP contribution in [0, 0.1) is 6.92 Å². The maximum Gasteiger partial charge on any atom is 0.309 e. The average molecular weight is 371 g/mol. The molecule has 0 saturated carbocycles. The van der Waals surface area contributed by atoms with Crippen LogP contribution in [0.3, 0.4) is 0 Å². The number of benzene rings is 1. The zero-order valence-corrected chi connectivity index (χ0v) is 15.1. The van der Waals surface area contributed by atoms with Gasteiger partial charge in [-0.3, -0.25) is 9.78 Å². The van der Waals surface area contributed by atoms with Gasteiger partial charge >= 0.3 is 5.91 Å². The van der Waals surface area contributed by atoms with E-state index in [4.69, 9.17) is 10.2 Å². The molecule has 1 aromatic carbocycles. The predicted octanol–water partition coefficient (Wildman–Crippen LogP) is 3.54. The molecule has 4 rings (SSSR count). The van der Waals surface area contributed by atoms with Crippen molar-refractivity contribution in [3.8, 4) is 11.3 Å². The van der Waals surface area contributed by atoms with Crippen LogP contribution in [0.4, 0.5) is 5.69 Å². The van der Waals surface area contributed by atoms with E-state index in [-0.39, 0.29) is 11.4 Å². The number of anilines is 1. The van der Waals surface area contributed by atoms with Gasteiger partial charge in [0.05, 0.1) is 23.0 Å². The average Bonchev–Trinajstić information content (AvgIpc) is 3.06. The summed E-state index contributed by atoms with van der Waals surface area (Å²) in [6.45, 7) is 1.91. The normalized spacial score (nSPS) is 11.2. The standard InChI is InChI=1S/C21H17N5O2/c1-13-10-16(15-7-3-2-4-8-15)25-21-17(13)18(22)19(28-21)20(27)26-24-12-14-6-5-9-23-11-14/h2-12H,22H2,1H3,(H,26,27)/b24-12+. The second-order valence-corrected chi connectivity index (χ2v) is 6.20. The van der Waals surface area contributed by atoms with Crippen molar-refractivity contribution in [1.29, 1.82) is 0 Å². The summed E-state index contributed by atoms with van der Waals surface area (Å²) in [5.41, 5.74) is 12.5. The fourth-order valence-electron chi connectivity index (χ4n) is 2.90. The van der Waals surface area contributed by atoms with Crippen LogP contribution in [0.1, 0.15) is 21.7 Å². The summed E-state index contributed by atoms with van der Waals surface area (Å²) in [6, 6.07) is 15.2. The molecule has 0 atom stereocenters. The van der Waals surface area contributed by atoms with Gasteiger partial charge in [-0.05, 0) is 24.6 Å². The van der Waals surface area contributed by atoms with Gasteiger partial charge in [0, 0.05) is 23.5 Å². The Morgan fingerprint density at radius 2 is 2.04 bits per heavy atom. The number of carbonyl (C=O) groups excluding carboxylic acids is 1. The lowest BCUT2D eigenvalue weighted by Crippen LogP contribution is -2.18. The Balaban J connectivity index is 1.64. The summed E-state index contributed by atoms with van der Waals surface area (Å²) in [5, 5.41) is 4.54. The Kier molecular flexibility index (Phi) is 4.55. The molecule has 0 aliphatic carbocycles. The molecule has 3 aromatic heterocycles. The van der Waals surface area contributed by atoms with Crippen LogP contribution in [0.5, 0.6) is 0 Å². The van der Waals surface area contributed by atoms with Gasteiger partial charge in [-0.2, -0.15) is 5.10 Å². The lowest BCUT2D eigenvalue weighted by Gasteiger charge is -2.03. The Labute approximate surface area is 160 Å². The number of nitrogen functional groups attached to an aromatic ring is 1. The third-order valence-corrected chi connectivity index (χ3v) is 4.24. The molecule has 7 heteroatoms. The smallest absolute Gasteiger partial charge is 0.309 e. The first-order chi connectivity index (χ1) is 13.6. The highest BCUT2D eigenvalue weighted by Crippen LogP contribution is 2.32. The van der Waals surface area contributed by atoms with E-state index >= 15 is 0 Å². The molecular formula is C21H17N5O2. The maximum atomic E-state index is 12.4. The topological polar surface area (TPSA) is 106 Å². The summed E-state index contributed by atoms with van der Waals surface area (Å²) in [5.74, 6) is -0.560. The van der Waals surface area contributed by atoms with Gasteiger partial charge in [0.2, 0.25) is 11.5 Å².